The molecule has 0 aromatic carbocycles. The molecular formula is C9H22GeN2. The summed E-state index contributed by atoms with van der Waals surface area (Å²) in [4.78, 5) is 0. The van der Waals surface area contributed by atoms with E-state index in [0.29, 0.717) is 0 Å². The van der Waals surface area contributed by atoms with E-state index in [4.69, 9.17) is 0 Å². The van der Waals surface area contributed by atoms with Gasteiger partial charge in [-0.3, -0.25) is 0 Å². The fourth-order valence-corrected chi connectivity index (χ4v) is 10.3. The third-order valence-electron chi connectivity index (χ3n) is 2.88. The molecule has 1 fully saturated rings. The van der Waals surface area contributed by atoms with Crippen LogP contribution in [0.15, 0.2) is 0 Å². The summed E-state index contributed by atoms with van der Waals surface area (Å²) in [5.41, 5.74) is 0. The van der Waals surface area contributed by atoms with Gasteiger partial charge in [0.2, 0.25) is 0 Å². The molecule has 2 nitrogen and oxygen atoms in total. The van der Waals surface area contributed by atoms with Gasteiger partial charge in [0.05, 0.1) is 0 Å². The van der Waals surface area contributed by atoms with E-state index < -0.39 is 14.8 Å². The van der Waals surface area contributed by atoms with Crippen LogP contribution in [0.1, 0.15) is 25.7 Å². The summed E-state index contributed by atoms with van der Waals surface area (Å²) < 4.78 is 6.15. The Labute approximate surface area is 81.5 Å². The minimum absolute atomic E-state index is 1.09. The van der Waals surface area contributed by atoms with Crippen molar-refractivity contribution in [2.24, 2.45) is 0 Å². The van der Waals surface area contributed by atoms with Gasteiger partial charge in [-0.15, -0.1) is 0 Å². The quantitative estimate of drug-likeness (QED) is 0.675. The molecule has 3 heteroatoms. The zero-order valence-corrected chi connectivity index (χ0v) is 11.3. The average Bonchev–Trinajstić information content (AvgIpc) is 2.37. The van der Waals surface area contributed by atoms with Crippen LogP contribution >= 0.6 is 0 Å². The molecule has 0 aliphatic heterocycles. The van der Waals surface area contributed by atoms with Crippen LogP contribution in [-0.4, -0.2) is 50.7 Å². The van der Waals surface area contributed by atoms with Crippen LogP contribution in [0, 0.1) is 0 Å². The fraction of sp³-hybridized carbons (Fsp3) is 1.00. The predicted octanol–water partition coefficient (Wildman–Crippen LogP) is 1.27. The van der Waals surface area contributed by atoms with E-state index in [9.17, 15) is 0 Å². The molecule has 0 unspecified atom stereocenters. The SMILES string of the molecule is C[N](C)[GeH]([CH]1CCCC1)[N](C)C. The first kappa shape index (κ1) is 10.5. The van der Waals surface area contributed by atoms with E-state index in [-0.39, 0.29) is 0 Å². The summed E-state index contributed by atoms with van der Waals surface area (Å²) in [6.07, 6.45) is 5.96. The van der Waals surface area contributed by atoms with Crippen LogP contribution in [-0.2, 0) is 0 Å². The van der Waals surface area contributed by atoms with E-state index in [0.717, 1.165) is 4.75 Å². The molecule has 0 N–H and O–H groups in total. The fourth-order valence-electron chi connectivity index (χ4n) is 2.56. The maximum absolute atomic E-state index is 2.53. The van der Waals surface area contributed by atoms with Gasteiger partial charge in [-0.1, -0.05) is 0 Å². The van der Waals surface area contributed by atoms with Crippen LogP contribution in [0.2, 0.25) is 4.75 Å². The molecule has 1 aliphatic carbocycles. The number of nitrogens with zero attached hydrogens (tertiary/aromatic N) is 2. The summed E-state index contributed by atoms with van der Waals surface area (Å²) in [6, 6.07) is 0. The van der Waals surface area contributed by atoms with Crippen molar-refractivity contribution in [2.45, 2.75) is 30.4 Å². The molecule has 12 heavy (non-hydrogen) atoms. The molecule has 1 rings (SSSR count). The Morgan fingerprint density at radius 2 is 1.33 bits per heavy atom. The molecule has 0 saturated heterocycles. The average molecular weight is 231 g/mol. The van der Waals surface area contributed by atoms with Gasteiger partial charge in [0.25, 0.3) is 0 Å². The molecule has 0 aromatic heterocycles. The van der Waals surface area contributed by atoms with Gasteiger partial charge in [0, 0.05) is 0 Å². The molecule has 0 aromatic rings. The van der Waals surface area contributed by atoms with Gasteiger partial charge in [-0.2, -0.15) is 0 Å². The third-order valence-corrected chi connectivity index (χ3v) is 10.5. The molecule has 0 radical (unpaired) electrons. The van der Waals surface area contributed by atoms with Crippen molar-refractivity contribution in [2.75, 3.05) is 28.2 Å². The van der Waals surface area contributed by atoms with Crippen LogP contribution in [0.5, 0.6) is 0 Å². The van der Waals surface area contributed by atoms with Gasteiger partial charge in [0.1, 0.15) is 0 Å². The molecule has 0 heterocycles. The third kappa shape index (κ3) is 2.47. The van der Waals surface area contributed by atoms with E-state index in [1.165, 1.54) is 25.7 Å². The first-order valence-electron chi connectivity index (χ1n) is 4.96. The Hall–Kier alpha value is 0.463. The molecule has 1 aliphatic rings. The van der Waals surface area contributed by atoms with Gasteiger partial charge in [-0.25, -0.2) is 0 Å². The normalized spacial score (nSPS) is 20.2. The molecule has 1 saturated carbocycles. The topological polar surface area (TPSA) is 6.48 Å². The number of rotatable bonds is 3. The second-order valence-electron chi connectivity index (χ2n) is 4.39. The summed E-state index contributed by atoms with van der Waals surface area (Å²) in [7, 11) is 9.07. The zero-order valence-electron chi connectivity index (χ0n) is 8.88. The van der Waals surface area contributed by atoms with E-state index >= 15 is 0 Å². The Morgan fingerprint density at radius 3 is 1.67 bits per heavy atom. The molecule has 0 amide bonds. The molecule has 0 spiro atoms. The van der Waals surface area contributed by atoms with Crippen molar-refractivity contribution < 1.29 is 0 Å². The Bertz CT molecular complexity index is 122. The second-order valence-corrected chi connectivity index (χ2v) is 12.4. The number of hydrogen-bond acceptors (Lipinski definition) is 2. The first-order valence-corrected chi connectivity index (χ1v) is 8.52. The van der Waals surface area contributed by atoms with Crippen molar-refractivity contribution in [1.29, 1.82) is 0 Å². The molecule has 72 valence electrons. The van der Waals surface area contributed by atoms with Crippen molar-refractivity contribution in [3.63, 3.8) is 0 Å². The summed E-state index contributed by atoms with van der Waals surface area (Å²) in [6.45, 7) is 0. The zero-order chi connectivity index (χ0) is 9.14. The Morgan fingerprint density at radius 1 is 0.917 bits per heavy atom. The maximum atomic E-state index is 2.53. The Balaban J connectivity index is 2.52. The van der Waals surface area contributed by atoms with Crippen LogP contribution in [0.25, 0.3) is 0 Å². The van der Waals surface area contributed by atoms with Crippen LogP contribution < -0.4 is 0 Å². The monoisotopic (exact) mass is 232 g/mol. The second kappa shape index (κ2) is 4.63. The van der Waals surface area contributed by atoms with Gasteiger partial charge in [0.15, 0.2) is 0 Å². The number of hydrogen-bond donors (Lipinski definition) is 0. The van der Waals surface area contributed by atoms with Crippen molar-refractivity contribution >= 4 is 14.8 Å². The molecule has 0 atom stereocenters. The first-order chi connectivity index (χ1) is 5.63. The van der Waals surface area contributed by atoms with Crippen molar-refractivity contribution in [3.05, 3.63) is 0 Å². The summed E-state index contributed by atoms with van der Waals surface area (Å²) in [5, 5.41) is 0. The summed E-state index contributed by atoms with van der Waals surface area (Å²) in [5.74, 6) is 0. The standard InChI is InChI=1S/C9H22GeN2/c1-11(2)10(12(3)4)9-7-5-6-8-9/h9-10H,5-8H2,1-4H3. The van der Waals surface area contributed by atoms with E-state index in [1.54, 1.807) is 0 Å². The Kier molecular flexibility index (Phi) is 4.07. The van der Waals surface area contributed by atoms with Crippen LogP contribution in [0.3, 0.4) is 0 Å². The molecule has 0 bridgehead atoms. The predicted molar refractivity (Wildman–Crippen MR) is 56.7 cm³/mol. The van der Waals surface area contributed by atoms with Gasteiger partial charge >= 0.3 is 81.1 Å². The van der Waals surface area contributed by atoms with Gasteiger partial charge in [-0.05, 0) is 0 Å². The minimum atomic E-state index is -1.26. The van der Waals surface area contributed by atoms with Crippen molar-refractivity contribution in [1.82, 2.24) is 7.71 Å². The molecular weight excluding hydrogens is 209 g/mol. The van der Waals surface area contributed by atoms with E-state index in [2.05, 4.69) is 35.9 Å². The van der Waals surface area contributed by atoms with Crippen molar-refractivity contribution in [3.8, 4) is 0 Å². The van der Waals surface area contributed by atoms with Gasteiger partial charge < -0.3 is 0 Å². The summed E-state index contributed by atoms with van der Waals surface area (Å²) >= 11 is -1.26. The van der Waals surface area contributed by atoms with Crippen LogP contribution in [0.4, 0.5) is 0 Å². The van der Waals surface area contributed by atoms with E-state index in [1.807, 2.05) is 0 Å².